The van der Waals surface area contributed by atoms with Crippen LogP contribution >= 0.6 is 0 Å². The predicted octanol–water partition coefficient (Wildman–Crippen LogP) is 3.18. The van der Waals surface area contributed by atoms with E-state index in [1.807, 2.05) is 24.3 Å². The maximum Gasteiger partial charge on any atom is 0.319 e. The number of rotatable bonds is 7. The molecule has 0 atom stereocenters. The molecule has 0 fully saturated rings. The van der Waals surface area contributed by atoms with Gasteiger partial charge in [-0.05, 0) is 42.0 Å². The van der Waals surface area contributed by atoms with Crippen molar-refractivity contribution in [2.24, 2.45) is 0 Å². The number of ether oxygens (including phenoxy) is 1. The standard InChI is InChI=1S/C19H21N3O3/c1-3-12-20-19(24)22-16-8-6-15(7-9-16)21-18(23)13-14-4-10-17(25-2)11-5-14/h3-11H,1,12-13H2,2H3,(H,21,23)(H2,20,22,24). The second kappa shape index (κ2) is 9.12. The fraction of sp³-hybridized carbons (Fsp3) is 0.158. The first-order valence-corrected chi connectivity index (χ1v) is 7.79. The minimum atomic E-state index is -0.309. The Hall–Kier alpha value is -3.28. The van der Waals surface area contributed by atoms with Crippen LogP contribution in [0.5, 0.6) is 5.75 Å². The summed E-state index contributed by atoms with van der Waals surface area (Å²) in [6.45, 7) is 3.92. The summed E-state index contributed by atoms with van der Waals surface area (Å²) in [6.07, 6.45) is 1.87. The van der Waals surface area contributed by atoms with Gasteiger partial charge < -0.3 is 20.7 Å². The number of hydrogen-bond acceptors (Lipinski definition) is 3. The van der Waals surface area contributed by atoms with Gasteiger partial charge in [0.15, 0.2) is 0 Å². The molecule has 0 saturated carbocycles. The van der Waals surface area contributed by atoms with Gasteiger partial charge in [0.25, 0.3) is 0 Å². The summed E-state index contributed by atoms with van der Waals surface area (Å²) in [5.74, 6) is 0.638. The third kappa shape index (κ3) is 6.02. The molecule has 0 heterocycles. The van der Waals surface area contributed by atoms with Gasteiger partial charge in [-0.25, -0.2) is 4.79 Å². The predicted molar refractivity (Wildman–Crippen MR) is 99.0 cm³/mol. The van der Waals surface area contributed by atoms with Crippen LogP contribution in [0.1, 0.15) is 5.56 Å². The van der Waals surface area contributed by atoms with Crippen molar-refractivity contribution in [3.05, 3.63) is 66.7 Å². The van der Waals surface area contributed by atoms with Gasteiger partial charge in [-0.1, -0.05) is 18.2 Å². The third-order valence-electron chi connectivity index (χ3n) is 3.36. The fourth-order valence-electron chi connectivity index (χ4n) is 2.11. The molecule has 0 saturated heterocycles. The van der Waals surface area contributed by atoms with Crippen LogP contribution in [-0.2, 0) is 11.2 Å². The zero-order chi connectivity index (χ0) is 18.1. The highest BCUT2D eigenvalue weighted by molar-refractivity contribution is 5.93. The number of benzene rings is 2. The Morgan fingerprint density at radius 1 is 1.00 bits per heavy atom. The molecular weight excluding hydrogens is 318 g/mol. The number of amides is 3. The van der Waals surface area contributed by atoms with Crippen molar-refractivity contribution in [2.75, 3.05) is 24.3 Å². The van der Waals surface area contributed by atoms with Crippen molar-refractivity contribution >= 4 is 23.3 Å². The number of urea groups is 1. The Morgan fingerprint density at radius 2 is 1.60 bits per heavy atom. The minimum Gasteiger partial charge on any atom is -0.497 e. The van der Waals surface area contributed by atoms with Crippen LogP contribution in [0.3, 0.4) is 0 Å². The number of hydrogen-bond donors (Lipinski definition) is 3. The molecule has 6 nitrogen and oxygen atoms in total. The maximum atomic E-state index is 12.1. The Morgan fingerprint density at radius 3 is 2.16 bits per heavy atom. The van der Waals surface area contributed by atoms with E-state index in [0.717, 1.165) is 11.3 Å². The zero-order valence-corrected chi connectivity index (χ0v) is 14.0. The molecule has 0 radical (unpaired) electrons. The molecular formula is C19H21N3O3. The van der Waals surface area contributed by atoms with Crippen molar-refractivity contribution in [1.82, 2.24) is 5.32 Å². The van der Waals surface area contributed by atoms with E-state index in [4.69, 9.17) is 4.74 Å². The van der Waals surface area contributed by atoms with Gasteiger partial charge in [0.1, 0.15) is 5.75 Å². The summed E-state index contributed by atoms with van der Waals surface area (Å²) < 4.78 is 5.09. The summed E-state index contributed by atoms with van der Waals surface area (Å²) in [5.41, 5.74) is 2.20. The molecule has 25 heavy (non-hydrogen) atoms. The molecule has 0 aliphatic rings. The van der Waals surface area contributed by atoms with E-state index in [1.54, 1.807) is 37.5 Å². The number of anilines is 2. The Kier molecular flexibility index (Phi) is 6.59. The SMILES string of the molecule is C=CCNC(=O)Nc1ccc(NC(=O)Cc2ccc(OC)cc2)cc1. The van der Waals surface area contributed by atoms with Crippen LogP contribution in [0.4, 0.5) is 16.2 Å². The number of nitrogens with one attached hydrogen (secondary N) is 3. The average Bonchev–Trinajstić information content (AvgIpc) is 2.62. The summed E-state index contributed by atoms with van der Waals surface area (Å²) in [6, 6.07) is 13.9. The Bertz CT molecular complexity index is 725. The first-order valence-electron chi connectivity index (χ1n) is 7.79. The molecule has 2 aromatic rings. The molecule has 130 valence electrons. The summed E-state index contributed by atoms with van der Waals surface area (Å²) in [5, 5.41) is 8.12. The van der Waals surface area contributed by atoms with Gasteiger partial charge in [0.2, 0.25) is 5.91 Å². The van der Waals surface area contributed by atoms with Crippen LogP contribution in [0.25, 0.3) is 0 Å². The molecule has 0 aliphatic carbocycles. The van der Waals surface area contributed by atoms with E-state index in [-0.39, 0.29) is 18.4 Å². The average molecular weight is 339 g/mol. The van der Waals surface area contributed by atoms with Crippen LogP contribution in [0.15, 0.2) is 61.2 Å². The lowest BCUT2D eigenvalue weighted by atomic mass is 10.1. The molecule has 0 spiro atoms. The van der Waals surface area contributed by atoms with E-state index >= 15 is 0 Å². The smallest absolute Gasteiger partial charge is 0.319 e. The molecule has 0 bridgehead atoms. The monoisotopic (exact) mass is 339 g/mol. The molecule has 6 heteroatoms. The van der Waals surface area contributed by atoms with Gasteiger partial charge >= 0.3 is 6.03 Å². The number of carbonyl (C=O) groups is 2. The van der Waals surface area contributed by atoms with Gasteiger partial charge in [0, 0.05) is 17.9 Å². The highest BCUT2D eigenvalue weighted by atomic mass is 16.5. The van der Waals surface area contributed by atoms with Crippen LogP contribution in [0, 0.1) is 0 Å². The lowest BCUT2D eigenvalue weighted by Crippen LogP contribution is -2.28. The molecule has 2 aromatic carbocycles. The fourth-order valence-corrected chi connectivity index (χ4v) is 2.11. The Labute approximate surface area is 146 Å². The number of methoxy groups -OCH3 is 1. The van der Waals surface area contributed by atoms with E-state index < -0.39 is 0 Å². The third-order valence-corrected chi connectivity index (χ3v) is 3.36. The van der Waals surface area contributed by atoms with Crippen LogP contribution in [0.2, 0.25) is 0 Å². The summed E-state index contributed by atoms with van der Waals surface area (Å²) >= 11 is 0. The first-order chi connectivity index (χ1) is 12.1. The van der Waals surface area contributed by atoms with Crippen molar-refractivity contribution in [2.45, 2.75) is 6.42 Å². The number of carbonyl (C=O) groups excluding carboxylic acids is 2. The normalized spacial score (nSPS) is 9.80. The topological polar surface area (TPSA) is 79.5 Å². The van der Waals surface area contributed by atoms with Gasteiger partial charge in [-0.3, -0.25) is 4.79 Å². The first kappa shape index (κ1) is 18.1. The quantitative estimate of drug-likeness (QED) is 0.678. The lowest BCUT2D eigenvalue weighted by Gasteiger charge is -2.09. The summed E-state index contributed by atoms with van der Waals surface area (Å²) in [4.78, 5) is 23.6. The van der Waals surface area contributed by atoms with Gasteiger partial charge in [0.05, 0.1) is 13.5 Å². The van der Waals surface area contributed by atoms with Crippen molar-refractivity contribution < 1.29 is 14.3 Å². The van der Waals surface area contributed by atoms with E-state index in [0.29, 0.717) is 17.9 Å². The van der Waals surface area contributed by atoms with E-state index in [9.17, 15) is 9.59 Å². The van der Waals surface area contributed by atoms with Gasteiger partial charge in [-0.15, -0.1) is 6.58 Å². The molecule has 2 rings (SSSR count). The van der Waals surface area contributed by atoms with Gasteiger partial charge in [-0.2, -0.15) is 0 Å². The second-order valence-corrected chi connectivity index (χ2v) is 5.27. The van der Waals surface area contributed by atoms with Crippen LogP contribution in [-0.4, -0.2) is 25.6 Å². The largest absolute Gasteiger partial charge is 0.497 e. The minimum absolute atomic E-state index is 0.116. The Balaban J connectivity index is 1.86. The zero-order valence-electron chi connectivity index (χ0n) is 14.0. The van der Waals surface area contributed by atoms with Crippen molar-refractivity contribution in [3.63, 3.8) is 0 Å². The maximum absolute atomic E-state index is 12.1. The van der Waals surface area contributed by atoms with Crippen molar-refractivity contribution in [3.8, 4) is 5.75 Å². The molecule has 0 unspecified atom stereocenters. The van der Waals surface area contributed by atoms with E-state index in [2.05, 4.69) is 22.5 Å². The summed E-state index contributed by atoms with van der Waals surface area (Å²) in [7, 11) is 1.60. The molecule has 0 aliphatic heterocycles. The van der Waals surface area contributed by atoms with Crippen LogP contribution < -0.4 is 20.7 Å². The molecule has 3 N–H and O–H groups in total. The molecule has 3 amide bonds. The molecule has 0 aromatic heterocycles. The van der Waals surface area contributed by atoms with E-state index in [1.165, 1.54) is 0 Å². The highest BCUT2D eigenvalue weighted by Crippen LogP contribution is 2.15. The van der Waals surface area contributed by atoms with Crippen molar-refractivity contribution in [1.29, 1.82) is 0 Å². The lowest BCUT2D eigenvalue weighted by molar-refractivity contribution is -0.115. The highest BCUT2D eigenvalue weighted by Gasteiger charge is 2.05. The second-order valence-electron chi connectivity index (χ2n) is 5.27.